The van der Waals surface area contributed by atoms with Crippen molar-refractivity contribution in [1.82, 2.24) is 4.90 Å². The zero-order valence-electron chi connectivity index (χ0n) is 11.1. The van der Waals surface area contributed by atoms with Crippen LogP contribution >= 0.6 is 15.9 Å². The highest BCUT2D eigenvalue weighted by atomic mass is 79.9. The summed E-state index contributed by atoms with van der Waals surface area (Å²) in [6.45, 7) is 0.293. The fourth-order valence-corrected chi connectivity index (χ4v) is 2.50. The number of carboxylic acid groups (broad SMARTS) is 1. The lowest BCUT2D eigenvalue weighted by Gasteiger charge is -2.17. The highest BCUT2D eigenvalue weighted by Crippen LogP contribution is 2.32. The highest BCUT2D eigenvalue weighted by molar-refractivity contribution is 9.10. The molecule has 1 amide bonds. The molecule has 1 N–H and O–H groups in total. The first kappa shape index (κ1) is 16.6. The Morgan fingerprint density at radius 2 is 2.05 bits per heavy atom. The van der Waals surface area contributed by atoms with Gasteiger partial charge in [0.1, 0.15) is 5.75 Å². The van der Waals surface area contributed by atoms with Gasteiger partial charge in [0.15, 0.2) is 0 Å². The number of hydrogen-bond acceptors (Lipinski definition) is 3. The van der Waals surface area contributed by atoms with Crippen molar-refractivity contribution in [3.63, 3.8) is 0 Å². The first-order chi connectivity index (χ1) is 10.2. The molecule has 0 aliphatic carbocycles. The quantitative estimate of drug-likeness (QED) is 0.873. The molecule has 1 aromatic carbocycles. The van der Waals surface area contributed by atoms with Gasteiger partial charge in [-0.05, 0) is 40.5 Å². The molecule has 9 heteroatoms. The largest absolute Gasteiger partial charge is 0.573 e. The van der Waals surface area contributed by atoms with E-state index in [1.165, 1.54) is 17.0 Å². The van der Waals surface area contributed by atoms with Gasteiger partial charge < -0.3 is 14.7 Å². The van der Waals surface area contributed by atoms with Crippen LogP contribution in [0.5, 0.6) is 5.75 Å². The van der Waals surface area contributed by atoms with Crippen LogP contribution in [0.25, 0.3) is 0 Å². The smallest absolute Gasteiger partial charge is 0.481 e. The van der Waals surface area contributed by atoms with E-state index >= 15 is 0 Å². The fraction of sp³-hybridized carbons (Fsp3) is 0.385. The van der Waals surface area contributed by atoms with E-state index < -0.39 is 29.9 Å². The van der Waals surface area contributed by atoms with Crippen LogP contribution in [-0.4, -0.2) is 41.3 Å². The van der Waals surface area contributed by atoms with Crippen molar-refractivity contribution in [3.05, 3.63) is 28.2 Å². The van der Waals surface area contributed by atoms with Gasteiger partial charge in [-0.3, -0.25) is 9.59 Å². The third-order valence-corrected chi connectivity index (χ3v) is 3.88. The van der Waals surface area contributed by atoms with Gasteiger partial charge >= 0.3 is 12.3 Å². The average Bonchev–Trinajstić information content (AvgIpc) is 2.88. The van der Waals surface area contributed by atoms with Gasteiger partial charge in [-0.25, -0.2) is 0 Å². The predicted molar refractivity (Wildman–Crippen MR) is 72.5 cm³/mol. The highest BCUT2D eigenvalue weighted by Gasteiger charge is 2.34. The summed E-state index contributed by atoms with van der Waals surface area (Å²) in [5.41, 5.74) is 0.00786. The predicted octanol–water partition coefficient (Wildman–Crippen LogP) is 2.89. The number of benzene rings is 1. The Labute approximate surface area is 131 Å². The number of amides is 1. The van der Waals surface area contributed by atoms with Gasteiger partial charge in [-0.2, -0.15) is 0 Å². The number of hydrogen-bond donors (Lipinski definition) is 1. The van der Waals surface area contributed by atoms with Crippen LogP contribution in [0.15, 0.2) is 22.7 Å². The van der Waals surface area contributed by atoms with Crippen LogP contribution in [0.1, 0.15) is 16.8 Å². The SMILES string of the molecule is O=C(O)C1CCN(C(=O)c2ccc(Br)c(OC(F)(F)F)c2)C1. The third kappa shape index (κ3) is 3.90. The number of ether oxygens (including phenoxy) is 1. The normalized spacial score (nSPS) is 18.4. The van der Waals surface area contributed by atoms with Gasteiger partial charge in [-0.1, -0.05) is 0 Å². The molecule has 1 saturated heterocycles. The molecule has 5 nitrogen and oxygen atoms in total. The molecule has 1 fully saturated rings. The minimum absolute atomic E-state index is 0.00786. The maximum atomic E-state index is 12.3. The molecule has 1 unspecified atom stereocenters. The maximum absolute atomic E-state index is 12.3. The number of halogens is 4. The van der Waals surface area contributed by atoms with E-state index in [1.807, 2.05) is 0 Å². The van der Waals surface area contributed by atoms with Crippen molar-refractivity contribution in [1.29, 1.82) is 0 Å². The molecule has 1 heterocycles. The van der Waals surface area contributed by atoms with Crippen LogP contribution in [0, 0.1) is 5.92 Å². The van der Waals surface area contributed by atoms with E-state index in [0.717, 1.165) is 6.07 Å². The molecule has 22 heavy (non-hydrogen) atoms. The molecular formula is C13H11BrF3NO4. The number of rotatable bonds is 3. The van der Waals surface area contributed by atoms with Crippen LogP contribution in [0.3, 0.4) is 0 Å². The van der Waals surface area contributed by atoms with Gasteiger partial charge in [0.05, 0.1) is 10.4 Å². The summed E-state index contributed by atoms with van der Waals surface area (Å²) in [5.74, 6) is -2.69. The fourth-order valence-electron chi connectivity index (χ4n) is 2.17. The summed E-state index contributed by atoms with van der Waals surface area (Å²) in [4.78, 5) is 24.4. The van der Waals surface area contributed by atoms with Crippen molar-refractivity contribution >= 4 is 27.8 Å². The number of carboxylic acids is 1. The summed E-state index contributed by atoms with van der Waals surface area (Å²) in [6.07, 6.45) is -4.55. The Bertz CT molecular complexity index is 605. The Morgan fingerprint density at radius 3 is 2.59 bits per heavy atom. The number of alkyl halides is 3. The second-order valence-corrected chi connectivity index (χ2v) is 5.62. The molecule has 1 aliphatic heterocycles. The molecule has 0 bridgehead atoms. The molecule has 1 atom stereocenters. The summed E-state index contributed by atoms with van der Waals surface area (Å²) in [5, 5.41) is 8.90. The zero-order valence-corrected chi connectivity index (χ0v) is 12.6. The summed E-state index contributed by atoms with van der Waals surface area (Å²) in [7, 11) is 0. The zero-order chi connectivity index (χ0) is 16.5. The van der Waals surface area contributed by atoms with Gasteiger partial charge in [0.2, 0.25) is 0 Å². The lowest BCUT2D eigenvalue weighted by Crippen LogP contribution is -2.30. The van der Waals surface area contributed by atoms with Crippen molar-refractivity contribution in [3.8, 4) is 5.75 Å². The molecule has 2 rings (SSSR count). The second-order valence-electron chi connectivity index (χ2n) is 4.77. The topological polar surface area (TPSA) is 66.8 Å². The first-order valence-corrected chi connectivity index (χ1v) is 7.04. The van der Waals surface area contributed by atoms with Crippen molar-refractivity contribution in [2.75, 3.05) is 13.1 Å². The lowest BCUT2D eigenvalue weighted by molar-refractivity contribution is -0.274. The molecule has 0 radical (unpaired) electrons. The number of carbonyl (C=O) groups is 2. The maximum Gasteiger partial charge on any atom is 0.573 e. The minimum Gasteiger partial charge on any atom is -0.481 e. The summed E-state index contributed by atoms with van der Waals surface area (Å²) < 4.78 is 40.8. The molecular weight excluding hydrogens is 371 g/mol. The average molecular weight is 382 g/mol. The molecule has 0 saturated carbocycles. The van der Waals surface area contributed by atoms with Gasteiger partial charge in [0.25, 0.3) is 5.91 Å². The van der Waals surface area contributed by atoms with Crippen LogP contribution in [0.2, 0.25) is 0 Å². The monoisotopic (exact) mass is 381 g/mol. The molecule has 1 aliphatic rings. The minimum atomic E-state index is -4.87. The van der Waals surface area contributed by atoms with Crippen LogP contribution in [-0.2, 0) is 4.79 Å². The summed E-state index contributed by atoms with van der Waals surface area (Å²) in [6, 6.07) is 3.61. The number of carbonyl (C=O) groups excluding carboxylic acids is 1. The Hall–Kier alpha value is -1.77. The number of aliphatic carboxylic acids is 1. The van der Waals surface area contributed by atoms with Crippen molar-refractivity contribution in [2.24, 2.45) is 5.92 Å². The number of nitrogens with zero attached hydrogens (tertiary/aromatic N) is 1. The molecule has 0 aromatic heterocycles. The lowest BCUT2D eigenvalue weighted by atomic mass is 10.1. The third-order valence-electron chi connectivity index (χ3n) is 3.23. The van der Waals surface area contributed by atoms with Crippen molar-refractivity contribution < 1.29 is 32.6 Å². The number of likely N-dealkylation sites (tertiary alicyclic amines) is 1. The van der Waals surface area contributed by atoms with Crippen LogP contribution < -0.4 is 4.74 Å². The Balaban J connectivity index is 2.17. The van der Waals surface area contributed by atoms with E-state index in [2.05, 4.69) is 20.7 Å². The first-order valence-electron chi connectivity index (χ1n) is 6.25. The Kier molecular flexibility index (Phi) is 4.64. The second kappa shape index (κ2) is 6.15. The van der Waals surface area contributed by atoms with Crippen LogP contribution in [0.4, 0.5) is 13.2 Å². The Morgan fingerprint density at radius 1 is 1.36 bits per heavy atom. The van der Waals surface area contributed by atoms with Crippen molar-refractivity contribution in [2.45, 2.75) is 12.8 Å². The van der Waals surface area contributed by atoms with E-state index in [0.29, 0.717) is 6.42 Å². The molecule has 0 spiro atoms. The van der Waals surface area contributed by atoms with E-state index in [9.17, 15) is 22.8 Å². The van der Waals surface area contributed by atoms with E-state index in [-0.39, 0.29) is 23.1 Å². The van der Waals surface area contributed by atoms with Gasteiger partial charge in [0, 0.05) is 18.7 Å². The molecule has 120 valence electrons. The summed E-state index contributed by atoms with van der Waals surface area (Å²) >= 11 is 2.92. The standard InChI is InChI=1S/C13H11BrF3NO4/c14-9-2-1-7(5-10(9)22-13(15,16)17)11(19)18-4-3-8(6-18)12(20)21/h1-2,5,8H,3-4,6H2,(H,20,21). The van der Waals surface area contributed by atoms with Gasteiger partial charge in [-0.15, -0.1) is 13.2 Å². The van der Waals surface area contributed by atoms with E-state index in [4.69, 9.17) is 5.11 Å². The molecule has 1 aromatic rings. The van der Waals surface area contributed by atoms with E-state index in [1.54, 1.807) is 0 Å².